The third kappa shape index (κ3) is 2.19. The minimum absolute atomic E-state index is 0.319. The van der Waals surface area contributed by atoms with E-state index in [0.717, 1.165) is 25.1 Å². The van der Waals surface area contributed by atoms with Crippen molar-refractivity contribution in [3.05, 3.63) is 22.9 Å². The number of aryl methyl sites for hydroxylation is 2. The van der Waals surface area contributed by atoms with E-state index in [0.29, 0.717) is 24.1 Å². The fourth-order valence-corrected chi connectivity index (χ4v) is 3.12. The third-order valence-electron chi connectivity index (χ3n) is 4.39. The molecule has 3 rings (SSSR count). The third-order valence-corrected chi connectivity index (χ3v) is 4.39. The fourth-order valence-electron chi connectivity index (χ4n) is 3.12. The molecule has 0 radical (unpaired) electrons. The number of likely N-dealkylation sites (N-methyl/N-ethyl adjacent to an activating group) is 1. The molecule has 4 heteroatoms. The zero-order valence-corrected chi connectivity index (χ0v) is 11.4. The number of nitriles is 1. The lowest BCUT2D eigenvalue weighted by atomic mass is 10.1. The van der Waals surface area contributed by atoms with Gasteiger partial charge in [-0.25, -0.2) is 4.98 Å². The van der Waals surface area contributed by atoms with Crippen molar-refractivity contribution in [3.63, 3.8) is 0 Å². The molecule has 2 N–H and O–H groups in total. The molecule has 0 spiro atoms. The number of anilines is 1. The molecule has 1 heterocycles. The topological polar surface area (TPSA) is 65.9 Å². The summed E-state index contributed by atoms with van der Waals surface area (Å²) >= 11 is 0. The number of pyridine rings is 1. The van der Waals surface area contributed by atoms with Crippen molar-refractivity contribution >= 4 is 5.82 Å². The maximum absolute atomic E-state index is 9.36. The maximum atomic E-state index is 9.36. The number of hydrogen-bond donors (Lipinski definition) is 1. The minimum atomic E-state index is 0.319. The summed E-state index contributed by atoms with van der Waals surface area (Å²) in [6.45, 7) is 0.630. The molecule has 100 valence electrons. The van der Waals surface area contributed by atoms with Gasteiger partial charge in [-0.2, -0.15) is 5.26 Å². The predicted octanol–water partition coefficient (Wildman–Crippen LogP) is 1.62. The van der Waals surface area contributed by atoms with E-state index < -0.39 is 0 Å². The summed E-state index contributed by atoms with van der Waals surface area (Å²) in [7, 11) is 2.03. The highest BCUT2D eigenvalue weighted by Gasteiger charge is 2.34. The summed E-state index contributed by atoms with van der Waals surface area (Å²) < 4.78 is 0. The van der Waals surface area contributed by atoms with Crippen LogP contribution in [-0.4, -0.2) is 24.6 Å². The van der Waals surface area contributed by atoms with Gasteiger partial charge in [0.25, 0.3) is 0 Å². The van der Waals surface area contributed by atoms with Gasteiger partial charge in [-0.3, -0.25) is 0 Å². The molecule has 19 heavy (non-hydrogen) atoms. The van der Waals surface area contributed by atoms with Gasteiger partial charge in [0.1, 0.15) is 11.9 Å². The van der Waals surface area contributed by atoms with Crippen molar-refractivity contribution in [1.82, 2.24) is 4.98 Å². The van der Waals surface area contributed by atoms with Gasteiger partial charge >= 0.3 is 0 Å². The van der Waals surface area contributed by atoms with Crippen LogP contribution in [0.2, 0.25) is 0 Å². The van der Waals surface area contributed by atoms with Gasteiger partial charge in [-0.1, -0.05) is 0 Å². The Balaban J connectivity index is 1.96. The molecule has 1 aromatic heterocycles. The molecule has 0 bridgehead atoms. The molecule has 0 aliphatic heterocycles. The molecule has 1 fully saturated rings. The van der Waals surface area contributed by atoms with Gasteiger partial charge in [-0.05, 0) is 49.7 Å². The van der Waals surface area contributed by atoms with Crippen LogP contribution in [0.25, 0.3) is 0 Å². The molecule has 2 aliphatic carbocycles. The van der Waals surface area contributed by atoms with Crippen molar-refractivity contribution in [2.24, 2.45) is 11.7 Å². The van der Waals surface area contributed by atoms with Gasteiger partial charge < -0.3 is 10.6 Å². The largest absolute Gasteiger partial charge is 0.354 e. The van der Waals surface area contributed by atoms with Crippen molar-refractivity contribution < 1.29 is 0 Å². The molecule has 2 aliphatic rings. The molecule has 1 aromatic rings. The smallest absolute Gasteiger partial charge is 0.146 e. The highest BCUT2D eigenvalue weighted by molar-refractivity contribution is 5.57. The maximum Gasteiger partial charge on any atom is 0.146 e. The van der Waals surface area contributed by atoms with Crippen LogP contribution in [0.1, 0.15) is 36.1 Å². The standard InChI is InChI=1S/C15H20N4/c1-19(14(9-17)10-5-6-10)15-12(8-16)7-11-3-2-4-13(11)18-15/h7,10,14H,2-6,9,17H2,1H3. The minimum Gasteiger partial charge on any atom is -0.354 e. The van der Waals surface area contributed by atoms with E-state index in [1.54, 1.807) is 0 Å². The second kappa shape index (κ2) is 4.82. The van der Waals surface area contributed by atoms with E-state index in [1.165, 1.54) is 24.1 Å². The second-order valence-electron chi connectivity index (χ2n) is 5.68. The van der Waals surface area contributed by atoms with Crippen LogP contribution < -0.4 is 10.6 Å². The van der Waals surface area contributed by atoms with Crippen molar-refractivity contribution in [1.29, 1.82) is 5.26 Å². The number of nitrogens with zero attached hydrogens (tertiary/aromatic N) is 3. The van der Waals surface area contributed by atoms with Crippen LogP contribution in [0.4, 0.5) is 5.82 Å². The Morgan fingerprint density at radius 3 is 2.95 bits per heavy atom. The number of fused-ring (bicyclic) bond motifs is 1. The zero-order chi connectivity index (χ0) is 13.4. The van der Waals surface area contributed by atoms with Crippen LogP contribution in [0, 0.1) is 17.2 Å². The predicted molar refractivity (Wildman–Crippen MR) is 74.9 cm³/mol. The van der Waals surface area contributed by atoms with Gasteiger partial charge in [-0.15, -0.1) is 0 Å². The molecular formula is C15H20N4. The van der Waals surface area contributed by atoms with E-state index in [4.69, 9.17) is 10.7 Å². The van der Waals surface area contributed by atoms with Gasteiger partial charge in [0.2, 0.25) is 0 Å². The lowest BCUT2D eigenvalue weighted by molar-refractivity contribution is 0.565. The first-order valence-electron chi connectivity index (χ1n) is 7.10. The van der Waals surface area contributed by atoms with E-state index in [1.807, 2.05) is 13.1 Å². The van der Waals surface area contributed by atoms with Crippen LogP contribution in [0.15, 0.2) is 6.07 Å². The molecule has 0 amide bonds. The Morgan fingerprint density at radius 2 is 2.32 bits per heavy atom. The Bertz CT molecular complexity index is 528. The molecule has 1 saturated carbocycles. The van der Waals surface area contributed by atoms with Crippen LogP contribution in [0.5, 0.6) is 0 Å². The number of aromatic nitrogens is 1. The number of rotatable bonds is 4. The first kappa shape index (κ1) is 12.4. The fraction of sp³-hybridized carbons (Fsp3) is 0.600. The van der Waals surface area contributed by atoms with E-state index >= 15 is 0 Å². The van der Waals surface area contributed by atoms with Gasteiger partial charge in [0.05, 0.1) is 5.56 Å². The highest BCUT2D eigenvalue weighted by atomic mass is 15.2. The average Bonchev–Trinajstić information content (AvgIpc) is 3.15. The second-order valence-corrected chi connectivity index (χ2v) is 5.68. The van der Waals surface area contributed by atoms with Crippen molar-refractivity contribution in [2.75, 3.05) is 18.5 Å². The van der Waals surface area contributed by atoms with Crippen LogP contribution in [-0.2, 0) is 12.8 Å². The average molecular weight is 256 g/mol. The number of nitrogens with two attached hydrogens (primary N) is 1. The normalized spacial score (nSPS) is 18.8. The summed E-state index contributed by atoms with van der Waals surface area (Å²) in [5.41, 5.74) is 9.03. The van der Waals surface area contributed by atoms with Crippen LogP contribution >= 0.6 is 0 Å². The lowest BCUT2D eigenvalue weighted by Gasteiger charge is -2.29. The zero-order valence-electron chi connectivity index (χ0n) is 11.4. The van der Waals surface area contributed by atoms with E-state index in [-0.39, 0.29) is 0 Å². The first-order valence-corrected chi connectivity index (χ1v) is 7.10. The Labute approximate surface area is 114 Å². The Kier molecular flexibility index (Phi) is 3.16. The SMILES string of the molecule is CN(c1nc2c(cc1C#N)CCC2)C(CN)C1CC1. The first-order chi connectivity index (χ1) is 9.24. The number of hydrogen-bond acceptors (Lipinski definition) is 4. The summed E-state index contributed by atoms with van der Waals surface area (Å²) in [4.78, 5) is 6.88. The summed E-state index contributed by atoms with van der Waals surface area (Å²) in [5, 5.41) is 9.36. The van der Waals surface area contributed by atoms with Crippen molar-refractivity contribution in [2.45, 2.75) is 38.1 Å². The van der Waals surface area contributed by atoms with Crippen molar-refractivity contribution in [3.8, 4) is 6.07 Å². The van der Waals surface area contributed by atoms with Gasteiger partial charge in [0, 0.05) is 25.3 Å². The van der Waals surface area contributed by atoms with E-state index in [2.05, 4.69) is 11.0 Å². The molecular weight excluding hydrogens is 236 g/mol. The highest BCUT2D eigenvalue weighted by Crippen LogP contribution is 2.37. The van der Waals surface area contributed by atoms with Gasteiger partial charge in [0.15, 0.2) is 0 Å². The lowest BCUT2D eigenvalue weighted by Crippen LogP contribution is -2.40. The molecule has 1 unspecified atom stereocenters. The quantitative estimate of drug-likeness (QED) is 0.889. The summed E-state index contributed by atoms with van der Waals surface area (Å²) in [5.74, 6) is 1.50. The molecule has 0 aromatic carbocycles. The monoisotopic (exact) mass is 256 g/mol. The molecule has 1 atom stereocenters. The Hall–Kier alpha value is -1.60. The summed E-state index contributed by atoms with van der Waals surface area (Å²) in [6.07, 6.45) is 5.75. The Morgan fingerprint density at radius 1 is 1.53 bits per heavy atom. The van der Waals surface area contributed by atoms with E-state index in [9.17, 15) is 5.26 Å². The van der Waals surface area contributed by atoms with Crippen LogP contribution in [0.3, 0.4) is 0 Å². The molecule has 0 saturated heterocycles. The molecule has 4 nitrogen and oxygen atoms in total. The summed E-state index contributed by atoms with van der Waals surface area (Å²) in [6, 6.07) is 4.65.